The molecule has 1 amide bonds. The Hall–Kier alpha value is -3.37. The molecule has 140 valence electrons. The summed E-state index contributed by atoms with van der Waals surface area (Å²) in [6, 6.07) is 9.74. The van der Waals surface area contributed by atoms with Crippen LogP contribution in [0.2, 0.25) is 5.02 Å². The lowest BCUT2D eigenvalue weighted by molar-refractivity contribution is -0.119. The monoisotopic (exact) mass is 414 g/mol. The van der Waals surface area contributed by atoms with E-state index in [-0.39, 0.29) is 0 Å². The van der Waals surface area contributed by atoms with Crippen molar-refractivity contribution in [3.05, 3.63) is 59.6 Å². The summed E-state index contributed by atoms with van der Waals surface area (Å²) in [5.74, 6) is -1.15. The maximum atomic E-state index is 12.3. The maximum absolute atomic E-state index is 12.3. The first-order valence-electron chi connectivity index (χ1n) is 7.94. The summed E-state index contributed by atoms with van der Waals surface area (Å²) in [7, 11) is 0. The zero-order valence-electron chi connectivity index (χ0n) is 14.1. The highest BCUT2D eigenvalue weighted by Crippen LogP contribution is 2.24. The molecule has 11 heteroatoms. The van der Waals surface area contributed by atoms with Crippen molar-refractivity contribution in [2.45, 2.75) is 0 Å². The Balaban J connectivity index is 1.43. The van der Waals surface area contributed by atoms with Gasteiger partial charge in [0, 0.05) is 5.02 Å². The van der Waals surface area contributed by atoms with Gasteiger partial charge in [0.15, 0.2) is 6.61 Å². The number of anilines is 1. The molecular weight excluding hydrogens is 404 g/mol. The van der Waals surface area contributed by atoms with Gasteiger partial charge in [-0.15, -0.1) is 0 Å². The van der Waals surface area contributed by atoms with Crippen LogP contribution in [0.3, 0.4) is 0 Å². The molecule has 4 rings (SSSR count). The van der Waals surface area contributed by atoms with Crippen molar-refractivity contribution in [2.75, 3.05) is 11.9 Å². The average molecular weight is 415 g/mol. The van der Waals surface area contributed by atoms with Gasteiger partial charge in [-0.25, -0.2) is 14.5 Å². The molecule has 9 nitrogen and oxygen atoms in total. The molecular formula is C17H11ClN6O3S. The minimum absolute atomic E-state index is 0.291. The summed E-state index contributed by atoms with van der Waals surface area (Å²) < 4.78 is 14.7. The van der Waals surface area contributed by atoms with Gasteiger partial charge in [0.2, 0.25) is 0 Å². The highest BCUT2D eigenvalue weighted by molar-refractivity contribution is 7.00. The number of esters is 1. The van der Waals surface area contributed by atoms with Gasteiger partial charge >= 0.3 is 5.97 Å². The number of nitrogens with zero attached hydrogens (tertiary/aromatic N) is 5. The summed E-state index contributed by atoms with van der Waals surface area (Å²) in [6.45, 7) is -0.463. The molecule has 0 saturated heterocycles. The number of aromatic nitrogens is 5. The lowest BCUT2D eigenvalue weighted by Gasteiger charge is -2.11. The van der Waals surface area contributed by atoms with E-state index in [0.29, 0.717) is 33.0 Å². The van der Waals surface area contributed by atoms with Gasteiger partial charge in [-0.1, -0.05) is 11.6 Å². The lowest BCUT2D eigenvalue weighted by atomic mass is 10.2. The summed E-state index contributed by atoms with van der Waals surface area (Å²) >= 11 is 7.07. The summed E-state index contributed by atoms with van der Waals surface area (Å²) in [6.07, 6.45) is 2.86. The molecule has 4 aromatic rings. The Bertz CT molecular complexity index is 1160. The first-order chi connectivity index (χ1) is 13.6. The van der Waals surface area contributed by atoms with Gasteiger partial charge in [-0.3, -0.25) is 4.79 Å². The van der Waals surface area contributed by atoms with Gasteiger partial charge in [0.05, 0.1) is 28.7 Å². The molecule has 0 radical (unpaired) electrons. The van der Waals surface area contributed by atoms with Crippen LogP contribution in [-0.4, -0.2) is 42.0 Å². The number of amides is 1. The predicted octanol–water partition coefficient (Wildman–Crippen LogP) is 2.72. The summed E-state index contributed by atoms with van der Waals surface area (Å²) in [5, 5.41) is 7.13. The maximum Gasteiger partial charge on any atom is 0.338 e. The molecule has 2 heterocycles. The molecule has 0 aliphatic rings. The molecule has 0 fully saturated rings. The average Bonchev–Trinajstić information content (AvgIpc) is 3.37. The van der Waals surface area contributed by atoms with Crippen LogP contribution in [0.5, 0.6) is 0 Å². The number of halogens is 1. The van der Waals surface area contributed by atoms with Gasteiger partial charge < -0.3 is 10.1 Å². The molecule has 0 aliphatic carbocycles. The van der Waals surface area contributed by atoms with E-state index in [1.165, 1.54) is 17.3 Å². The molecule has 0 spiro atoms. The van der Waals surface area contributed by atoms with E-state index in [1.807, 2.05) is 0 Å². The lowest BCUT2D eigenvalue weighted by Crippen LogP contribution is -2.21. The molecule has 0 aliphatic heterocycles. The van der Waals surface area contributed by atoms with Crippen molar-refractivity contribution in [2.24, 2.45) is 0 Å². The highest BCUT2D eigenvalue weighted by atomic mass is 35.5. The van der Waals surface area contributed by atoms with Gasteiger partial charge in [0.1, 0.15) is 23.7 Å². The fourth-order valence-electron chi connectivity index (χ4n) is 2.45. The van der Waals surface area contributed by atoms with Gasteiger partial charge in [-0.2, -0.15) is 13.8 Å². The van der Waals surface area contributed by atoms with E-state index in [0.717, 1.165) is 11.7 Å². The molecule has 2 aromatic heterocycles. The Morgan fingerprint density at radius 1 is 1.14 bits per heavy atom. The van der Waals surface area contributed by atoms with E-state index in [1.54, 1.807) is 36.4 Å². The zero-order valence-corrected chi connectivity index (χ0v) is 15.6. The van der Waals surface area contributed by atoms with Crippen LogP contribution in [0.15, 0.2) is 49.1 Å². The van der Waals surface area contributed by atoms with Crippen molar-refractivity contribution >= 4 is 51.9 Å². The molecule has 0 unspecified atom stereocenters. The second-order valence-corrected chi connectivity index (χ2v) is 6.56. The molecule has 0 bridgehead atoms. The summed E-state index contributed by atoms with van der Waals surface area (Å²) in [4.78, 5) is 28.3. The number of nitrogens with one attached hydrogen (secondary N) is 1. The van der Waals surface area contributed by atoms with Crippen molar-refractivity contribution in [3.8, 4) is 5.69 Å². The number of hydrogen-bond acceptors (Lipinski definition) is 8. The molecule has 1 N–H and O–H groups in total. The largest absolute Gasteiger partial charge is 0.452 e. The predicted molar refractivity (Wildman–Crippen MR) is 103 cm³/mol. The van der Waals surface area contributed by atoms with Crippen molar-refractivity contribution in [1.82, 2.24) is 23.5 Å². The Morgan fingerprint density at radius 2 is 2.00 bits per heavy atom. The number of hydrogen-bond donors (Lipinski definition) is 1. The second kappa shape index (κ2) is 7.71. The fraction of sp³-hybridized carbons (Fsp3) is 0.0588. The van der Waals surface area contributed by atoms with E-state index in [2.05, 4.69) is 24.1 Å². The van der Waals surface area contributed by atoms with Crippen molar-refractivity contribution in [1.29, 1.82) is 0 Å². The smallest absolute Gasteiger partial charge is 0.338 e. The topological polar surface area (TPSA) is 112 Å². The normalized spacial score (nSPS) is 10.8. The highest BCUT2D eigenvalue weighted by Gasteiger charge is 2.14. The SMILES string of the molecule is O=C(COC(=O)c1ccc2nsnc2c1)Nc1cc(Cl)ccc1-n1cncn1. The second-order valence-electron chi connectivity index (χ2n) is 5.59. The number of carbonyl (C=O) groups is 2. The summed E-state index contributed by atoms with van der Waals surface area (Å²) in [5.41, 5.74) is 2.57. The van der Waals surface area contributed by atoms with Gasteiger partial charge in [0.25, 0.3) is 5.91 Å². The molecule has 28 heavy (non-hydrogen) atoms. The third-order valence-electron chi connectivity index (χ3n) is 3.72. The van der Waals surface area contributed by atoms with Crippen LogP contribution in [0.25, 0.3) is 16.7 Å². The standard InChI is InChI=1S/C17H11ClN6O3S/c18-11-2-4-15(24-9-19-8-20-24)14(6-11)21-16(25)7-27-17(26)10-1-3-12-13(5-10)23-28-22-12/h1-6,8-9H,7H2,(H,21,25). The third-order valence-corrected chi connectivity index (χ3v) is 4.51. The van der Waals surface area contributed by atoms with Crippen molar-refractivity contribution < 1.29 is 14.3 Å². The van der Waals surface area contributed by atoms with Crippen LogP contribution in [0, 0.1) is 0 Å². The fourth-order valence-corrected chi connectivity index (χ4v) is 3.14. The quantitative estimate of drug-likeness (QED) is 0.499. The van der Waals surface area contributed by atoms with Crippen LogP contribution in [0.4, 0.5) is 5.69 Å². The Labute approximate surface area is 167 Å². The number of rotatable bonds is 5. The first-order valence-corrected chi connectivity index (χ1v) is 9.05. The number of carbonyl (C=O) groups excluding carboxylic acids is 2. The number of ether oxygens (including phenoxy) is 1. The first kappa shape index (κ1) is 18.0. The third kappa shape index (κ3) is 3.82. The van der Waals surface area contributed by atoms with Gasteiger partial charge in [-0.05, 0) is 36.4 Å². The zero-order chi connectivity index (χ0) is 19.5. The Morgan fingerprint density at radius 3 is 2.82 bits per heavy atom. The van der Waals surface area contributed by atoms with Crippen LogP contribution >= 0.6 is 23.3 Å². The Kier molecular flexibility index (Phi) is 4.96. The minimum atomic E-state index is -0.632. The molecule has 2 aromatic carbocycles. The minimum Gasteiger partial charge on any atom is -0.452 e. The molecule has 0 saturated carbocycles. The molecule has 0 atom stereocenters. The van der Waals surface area contributed by atoms with E-state index in [9.17, 15) is 9.59 Å². The van der Waals surface area contributed by atoms with Crippen LogP contribution < -0.4 is 5.32 Å². The van der Waals surface area contributed by atoms with E-state index < -0.39 is 18.5 Å². The number of benzene rings is 2. The van der Waals surface area contributed by atoms with Crippen LogP contribution in [-0.2, 0) is 9.53 Å². The van der Waals surface area contributed by atoms with Crippen molar-refractivity contribution in [3.63, 3.8) is 0 Å². The van der Waals surface area contributed by atoms with Crippen LogP contribution in [0.1, 0.15) is 10.4 Å². The van der Waals surface area contributed by atoms with E-state index >= 15 is 0 Å². The number of fused-ring (bicyclic) bond motifs is 1. The van der Waals surface area contributed by atoms with E-state index in [4.69, 9.17) is 16.3 Å².